The smallest absolute Gasteiger partial charge is 0.221 e. The predicted octanol–water partition coefficient (Wildman–Crippen LogP) is 2.56. The van der Waals surface area contributed by atoms with Crippen LogP contribution in [-0.4, -0.2) is 49.1 Å². The van der Waals surface area contributed by atoms with Crippen molar-refractivity contribution in [2.45, 2.75) is 32.7 Å². The van der Waals surface area contributed by atoms with Crippen molar-refractivity contribution in [3.63, 3.8) is 0 Å². The zero-order valence-corrected chi connectivity index (χ0v) is 17.5. The summed E-state index contributed by atoms with van der Waals surface area (Å²) in [6.07, 6.45) is 3.31. The fraction of sp³-hybridized carbons (Fsp3) is 0.409. The molecule has 1 aliphatic heterocycles. The van der Waals surface area contributed by atoms with Crippen molar-refractivity contribution >= 4 is 23.4 Å². The molecular weight excluding hydrogens is 383 g/mol. The van der Waals surface area contributed by atoms with Crippen LogP contribution in [0.3, 0.4) is 0 Å². The fourth-order valence-corrected chi connectivity index (χ4v) is 3.45. The Morgan fingerprint density at radius 2 is 2.10 bits per heavy atom. The molecule has 3 rings (SSSR count). The van der Waals surface area contributed by atoms with Crippen LogP contribution in [0.1, 0.15) is 25.8 Å². The van der Waals surface area contributed by atoms with E-state index in [1.165, 1.54) is 13.0 Å². The molecule has 160 valence electrons. The summed E-state index contributed by atoms with van der Waals surface area (Å²) in [6, 6.07) is 11.0. The summed E-state index contributed by atoms with van der Waals surface area (Å²) in [5.74, 6) is 0.806. The minimum Gasteiger partial charge on any atom is -0.357 e. The molecule has 8 heteroatoms. The predicted molar refractivity (Wildman–Crippen MR) is 118 cm³/mol. The van der Waals surface area contributed by atoms with Crippen molar-refractivity contribution in [2.75, 3.05) is 36.4 Å². The third-order valence-corrected chi connectivity index (χ3v) is 4.86. The number of aromatic nitrogens is 1. The van der Waals surface area contributed by atoms with E-state index in [9.17, 15) is 9.18 Å². The number of halogens is 1. The molecule has 1 amide bonds. The van der Waals surface area contributed by atoms with Crippen LogP contribution >= 0.6 is 0 Å². The number of anilines is 2. The molecule has 0 bridgehead atoms. The highest BCUT2D eigenvalue weighted by atomic mass is 19.1. The average Bonchev–Trinajstić information content (AvgIpc) is 3.17. The lowest BCUT2D eigenvalue weighted by atomic mass is 10.1. The molecule has 7 nitrogen and oxygen atoms in total. The normalized spacial score (nSPS) is 16.4. The Morgan fingerprint density at radius 1 is 1.30 bits per heavy atom. The van der Waals surface area contributed by atoms with Gasteiger partial charge in [0.2, 0.25) is 5.91 Å². The maximum absolute atomic E-state index is 14.0. The highest BCUT2D eigenvalue weighted by Gasteiger charge is 2.25. The van der Waals surface area contributed by atoms with Gasteiger partial charge in [0, 0.05) is 51.0 Å². The van der Waals surface area contributed by atoms with E-state index in [2.05, 4.69) is 25.9 Å². The minimum atomic E-state index is -0.289. The van der Waals surface area contributed by atoms with E-state index >= 15 is 0 Å². The summed E-state index contributed by atoms with van der Waals surface area (Å²) in [4.78, 5) is 21.9. The Hall–Kier alpha value is -3.16. The third-order valence-electron chi connectivity index (χ3n) is 4.86. The number of carbonyl (C=O) groups is 1. The lowest BCUT2D eigenvalue weighted by Gasteiger charge is -2.20. The minimum absolute atomic E-state index is 0.0787. The van der Waals surface area contributed by atoms with Crippen LogP contribution in [-0.2, 0) is 11.2 Å². The number of hydrogen-bond acceptors (Lipinski definition) is 4. The Labute approximate surface area is 176 Å². The Bertz CT molecular complexity index is 870. The van der Waals surface area contributed by atoms with Crippen molar-refractivity contribution in [2.24, 2.45) is 4.99 Å². The van der Waals surface area contributed by atoms with Gasteiger partial charge in [0.15, 0.2) is 17.6 Å². The van der Waals surface area contributed by atoms with E-state index < -0.39 is 0 Å². The molecule has 1 fully saturated rings. The molecule has 1 aromatic heterocycles. The van der Waals surface area contributed by atoms with Gasteiger partial charge in [-0.3, -0.25) is 9.79 Å². The van der Waals surface area contributed by atoms with Crippen molar-refractivity contribution < 1.29 is 9.18 Å². The second-order valence-electron chi connectivity index (χ2n) is 7.27. The zero-order chi connectivity index (χ0) is 21.3. The fourth-order valence-electron chi connectivity index (χ4n) is 3.45. The molecule has 2 heterocycles. The lowest BCUT2D eigenvalue weighted by Crippen LogP contribution is -2.44. The molecule has 2 aromatic rings. The first-order chi connectivity index (χ1) is 14.5. The van der Waals surface area contributed by atoms with Gasteiger partial charge in [0.05, 0.1) is 0 Å². The number of nitrogens with one attached hydrogen (secondary N) is 3. The second-order valence-corrected chi connectivity index (χ2v) is 7.27. The van der Waals surface area contributed by atoms with E-state index in [1.807, 2.05) is 36.1 Å². The van der Waals surface area contributed by atoms with E-state index in [1.54, 1.807) is 12.3 Å². The van der Waals surface area contributed by atoms with Crippen LogP contribution in [0.25, 0.3) is 0 Å². The number of pyridine rings is 1. The van der Waals surface area contributed by atoms with E-state index in [0.717, 1.165) is 43.1 Å². The average molecular weight is 413 g/mol. The summed E-state index contributed by atoms with van der Waals surface area (Å²) in [5.41, 5.74) is 1.95. The van der Waals surface area contributed by atoms with Crippen LogP contribution in [0.4, 0.5) is 15.9 Å². The van der Waals surface area contributed by atoms with Gasteiger partial charge in [-0.05, 0) is 49.6 Å². The number of benzene rings is 1. The number of hydrogen-bond donors (Lipinski definition) is 3. The first-order valence-electron chi connectivity index (χ1n) is 10.3. The zero-order valence-electron chi connectivity index (χ0n) is 17.5. The molecule has 0 saturated carbocycles. The van der Waals surface area contributed by atoms with E-state index in [4.69, 9.17) is 0 Å². The standard InChI is InChI=1S/C22H29FN6O/c1-3-24-22(26-13-10-17-6-8-18(9-7-17)27-16(2)30)28-19-11-14-29(15-19)21-20(23)5-4-12-25-21/h4-9,12,19H,3,10-11,13-15H2,1-2H3,(H,27,30)(H2,24,26,28). The molecule has 0 spiro atoms. The van der Waals surface area contributed by atoms with Gasteiger partial charge in [0.25, 0.3) is 0 Å². The monoisotopic (exact) mass is 412 g/mol. The summed E-state index contributed by atoms with van der Waals surface area (Å²) >= 11 is 0. The van der Waals surface area contributed by atoms with Gasteiger partial charge in [-0.15, -0.1) is 0 Å². The molecular formula is C22H29FN6O. The van der Waals surface area contributed by atoms with Gasteiger partial charge in [0.1, 0.15) is 0 Å². The molecule has 1 atom stereocenters. The number of amides is 1. The van der Waals surface area contributed by atoms with E-state index in [0.29, 0.717) is 18.9 Å². The van der Waals surface area contributed by atoms with Gasteiger partial charge in [-0.25, -0.2) is 9.37 Å². The first-order valence-corrected chi connectivity index (χ1v) is 10.3. The van der Waals surface area contributed by atoms with Gasteiger partial charge in [-0.2, -0.15) is 0 Å². The van der Waals surface area contributed by atoms with Gasteiger partial charge >= 0.3 is 0 Å². The maximum Gasteiger partial charge on any atom is 0.221 e. The molecule has 1 aromatic carbocycles. The maximum atomic E-state index is 14.0. The highest BCUT2D eigenvalue weighted by Crippen LogP contribution is 2.20. The van der Waals surface area contributed by atoms with Crippen molar-refractivity contribution in [3.05, 3.63) is 54.0 Å². The molecule has 0 radical (unpaired) electrons. The lowest BCUT2D eigenvalue weighted by molar-refractivity contribution is -0.114. The number of aliphatic imine (C=N–C) groups is 1. The first kappa shape index (κ1) is 21.5. The summed E-state index contributed by atoms with van der Waals surface area (Å²) in [6.45, 7) is 6.37. The number of carbonyl (C=O) groups excluding carboxylic acids is 1. The molecule has 1 unspecified atom stereocenters. The summed E-state index contributed by atoms with van der Waals surface area (Å²) < 4.78 is 14.0. The SMILES string of the molecule is CCNC(=NCCc1ccc(NC(C)=O)cc1)NC1CCN(c2ncccc2F)C1. The second kappa shape index (κ2) is 10.6. The van der Waals surface area contributed by atoms with Crippen LogP contribution in [0.5, 0.6) is 0 Å². The van der Waals surface area contributed by atoms with Crippen LogP contribution < -0.4 is 20.9 Å². The molecule has 3 N–H and O–H groups in total. The van der Waals surface area contributed by atoms with Crippen molar-refractivity contribution in [1.82, 2.24) is 15.6 Å². The quantitative estimate of drug-likeness (QED) is 0.481. The van der Waals surface area contributed by atoms with Crippen molar-refractivity contribution in [1.29, 1.82) is 0 Å². The highest BCUT2D eigenvalue weighted by molar-refractivity contribution is 5.88. The topological polar surface area (TPSA) is 81.6 Å². The van der Waals surface area contributed by atoms with Gasteiger partial charge < -0.3 is 20.9 Å². The number of guanidine groups is 1. The van der Waals surface area contributed by atoms with Crippen LogP contribution in [0, 0.1) is 5.82 Å². The number of nitrogens with zero attached hydrogens (tertiary/aromatic N) is 3. The van der Waals surface area contributed by atoms with Crippen LogP contribution in [0.15, 0.2) is 47.6 Å². The Morgan fingerprint density at radius 3 is 2.80 bits per heavy atom. The number of rotatable bonds is 7. The molecule has 1 aliphatic rings. The van der Waals surface area contributed by atoms with Crippen LogP contribution in [0.2, 0.25) is 0 Å². The molecule has 0 aliphatic carbocycles. The largest absolute Gasteiger partial charge is 0.357 e. The van der Waals surface area contributed by atoms with Crippen molar-refractivity contribution in [3.8, 4) is 0 Å². The third kappa shape index (κ3) is 6.17. The Balaban J connectivity index is 1.52. The molecule has 30 heavy (non-hydrogen) atoms. The van der Waals surface area contributed by atoms with Gasteiger partial charge in [-0.1, -0.05) is 12.1 Å². The molecule has 1 saturated heterocycles. The van der Waals surface area contributed by atoms with E-state index in [-0.39, 0.29) is 17.8 Å². The summed E-state index contributed by atoms with van der Waals surface area (Å²) in [7, 11) is 0. The Kier molecular flexibility index (Phi) is 7.59. The summed E-state index contributed by atoms with van der Waals surface area (Å²) in [5, 5.41) is 9.49.